The Kier molecular flexibility index (Phi) is 9.48. The minimum absolute atomic E-state index is 0.0112. The van der Waals surface area contributed by atoms with Gasteiger partial charge in [0.25, 0.3) is 0 Å². The summed E-state index contributed by atoms with van der Waals surface area (Å²) in [6, 6.07) is 14.4. The molecule has 12 heteroatoms. The van der Waals surface area contributed by atoms with E-state index in [4.69, 9.17) is 27.9 Å². The molecule has 0 saturated carbocycles. The monoisotopic (exact) mass is 554 g/mol. The number of ether oxygens (including phenoxy) is 1. The van der Waals surface area contributed by atoms with Crippen LogP contribution in [0.5, 0.6) is 5.75 Å². The van der Waals surface area contributed by atoms with E-state index in [-0.39, 0.29) is 35.2 Å². The van der Waals surface area contributed by atoms with Gasteiger partial charge in [-0.2, -0.15) is 13.2 Å². The predicted octanol–water partition coefficient (Wildman–Crippen LogP) is 7.27. The molecule has 4 amide bonds. The second-order valence-corrected chi connectivity index (χ2v) is 8.54. The number of amides is 4. The number of nitrogens with one attached hydrogen (secondary N) is 3. The van der Waals surface area contributed by atoms with Gasteiger partial charge in [-0.1, -0.05) is 29.3 Å². The number of hydrogen-bond acceptors (Lipinski definition) is 3. The fourth-order valence-electron chi connectivity index (χ4n) is 3.25. The van der Waals surface area contributed by atoms with E-state index in [9.17, 15) is 22.8 Å². The lowest BCUT2D eigenvalue weighted by atomic mass is 10.1. The first-order valence-electron chi connectivity index (χ1n) is 11.0. The van der Waals surface area contributed by atoms with Crippen molar-refractivity contribution in [1.82, 2.24) is 5.32 Å². The summed E-state index contributed by atoms with van der Waals surface area (Å²) in [4.78, 5) is 26.4. The van der Waals surface area contributed by atoms with Gasteiger partial charge in [-0.25, -0.2) is 9.59 Å². The highest BCUT2D eigenvalue weighted by Gasteiger charge is 2.31. The van der Waals surface area contributed by atoms with Crippen molar-refractivity contribution in [2.45, 2.75) is 12.6 Å². The molecule has 0 aliphatic carbocycles. The summed E-state index contributed by atoms with van der Waals surface area (Å²) in [6.45, 7) is 0.161. The Morgan fingerprint density at radius 2 is 1.62 bits per heavy atom. The minimum atomic E-state index is -4.58. The number of hydrogen-bond donors (Lipinski definition) is 3. The number of anilines is 3. The molecule has 0 saturated heterocycles. The molecule has 0 heterocycles. The zero-order valence-corrected chi connectivity index (χ0v) is 21.0. The zero-order valence-electron chi connectivity index (χ0n) is 19.5. The number of methoxy groups -OCH3 is 1. The normalized spacial score (nSPS) is 11.0. The molecule has 0 bridgehead atoms. The second-order valence-electron chi connectivity index (χ2n) is 7.72. The SMILES string of the molecule is COc1ccc(NC(=O)NCCCN(C(=O)Nc2ccc(Cl)c(Cl)c2)c2cccc(C(F)(F)F)c2)cc1. The van der Waals surface area contributed by atoms with E-state index in [1.54, 1.807) is 24.3 Å². The molecule has 0 radical (unpaired) electrons. The Morgan fingerprint density at radius 1 is 0.919 bits per heavy atom. The number of nitrogens with zero attached hydrogens (tertiary/aromatic N) is 1. The molecule has 37 heavy (non-hydrogen) atoms. The van der Waals surface area contributed by atoms with Crippen molar-refractivity contribution in [3.63, 3.8) is 0 Å². The zero-order chi connectivity index (χ0) is 27.0. The van der Waals surface area contributed by atoms with Crippen LogP contribution in [0.4, 0.5) is 39.8 Å². The average Bonchev–Trinajstić information content (AvgIpc) is 2.86. The number of carbonyl (C=O) groups is 2. The molecule has 0 aliphatic rings. The van der Waals surface area contributed by atoms with Gasteiger partial charge >= 0.3 is 18.2 Å². The Morgan fingerprint density at radius 3 is 2.27 bits per heavy atom. The average molecular weight is 555 g/mol. The third-order valence-electron chi connectivity index (χ3n) is 5.09. The van der Waals surface area contributed by atoms with E-state index in [1.807, 2.05) is 0 Å². The number of carbonyl (C=O) groups excluding carboxylic acids is 2. The molecule has 0 aliphatic heterocycles. The van der Waals surface area contributed by atoms with Gasteiger partial charge in [0, 0.05) is 30.2 Å². The summed E-state index contributed by atoms with van der Waals surface area (Å²) in [6.07, 6.45) is -4.33. The maximum atomic E-state index is 13.3. The molecule has 7 nitrogen and oxygen atoms in total. The van der Waals surface area contributed by atoms with Crippen LogP contribution in [-0.2, 0) is 6.18 Å². The van der Waals surface area contributed by atoms with Crippen molar-refractivity contribution < 1.29 is 27.5 Å². The van der Waals surface area contributed by atoms with Crippen LogP contribution in [-0.4, -0.2) is 32.3 Å². The molecular weight excluding hydrogens is 532 g/mol. The summed E-state index contributed by atoms with van der Waals surface area (Å²) in [5.74, 6) is 0.639. The summed E-state index contributed by atoms with van der Waals surface area (Å²) in [5.41, 5.74) is 0.00247. The van der Waals surface area contributed by atoms with Gasteiger partial charge in [-0.15, -0.1) is 0 Å². The molecule has 3 aromatic rings. The van der Waals surface area contributed by atoms with Crippen LogP contribution in [0.3, 0.4) is 0 Å². The van der Waals surface area contributed by atoms with E-state index in [2.05, 4.69) is 16.0 Å². The lowest BCUT2D eigenvalue weighted by molar-refractivity contribution is -0.137. The van der Waals surface area contributed by atoms with Gasteiger partial charge in [0.15, 0.2) is 0 Å². The molecule has 0 fully saturated rings. The van der Waals surface area contributed by atoms with Crippen LogP contribution in [0.2, 0.25) is 10.0 Å². The van der Waals surface area contributed by atoms with Gasteiger partial charge < -0.3 is 20.7 Å². The molecule has 0 atom stereocenters. The highest BCUT2D eigenvalue weighted by molar-refractivity contribution is 6.42. The highest BCUT2D eigenvalue weighted by Crippen LogP contribution is 2.32. The highest BCUT2D eigenvalue weighted by atomic mass is 35.5. The standard InChI is InChI=1S/C25H23Cl2F3N4O3/c1-37-20-9-6-17(7-10-20)32-23(35)31-12-3-13-34(19-5-2-4-16(14-19)25(28,29)30)24(36)33-18-8-11-21(26)22(27)15-18/h2,4-11,14-15H,3,12-13H2,1H3,(H,33,36)(H2,31,32,35). The minimum Gasteiger partial charge on any atom is -0.497 e. The molecule has 3 rings (SSSR count). The van der Waals surface area contributed by atoms with Crippen LogP contribution in [0.15, 0.2) is 66.7 Å². The third kappa shape index (κ3) is 8.19. The molecular formula is C25H23Cl2F3N4O3. The smallest absolute Gasteiger partial charge is 0.416 e. The Hall–Kier alpha value is -3.63. The molecule has 3 N–H and O–H groups in total. The van der Waals surface area contributed by atoms with Gasteiger partial charge in [0.2, 0.25) is 0 Å². The van der Waals surface area contributed by atoms with Crippen molar-refractivity contribution in [2.24, 2.45) is 0 Å². The van der Waals surface area contributed by atoms with Crippen molar-refractivity contribution in [1.29, 1.82) is 0 Å². The third-order valence-corrected chi connectivity index (χ3v) is 5.83. The molecule has 3 aromatic carbocycles. The fourth-order valence-corrected chi connectivity index (χ4v) is 3.55. The first-order chi connectivity index (χ1) is 17.6. The molecule has 0 spiro atoms. The van der Waals surface area contributed by atoms with Crippen LogP contribution in [0.25, 0.3) is 0 Å². The summed E-state index contributed by atoms with van der Waals surface area (Å²) in [7, 11) is 1.53. The maximum absolute atomic E-state index is 13.3. The summed E-state index contributed by atoms with van der Waals surface area (Å²) < 4.78 is 44.9. The van der Waals surface area contributed by atoms with Crippen LogP contribution < -0.4 is 25.6 Å². The van der Waals surface area contributed by atoms with Gasteiger partial charge in [-0.05, 0) is 67.1 Å². The van der Waals surface area contributed by atoms with Crippen molar-refractivity contribution in [3.05, 3.63) is 82.3 Å². The number of rotatable bonds is 8. The molecule has 0 unspecified atom stereocenters. The number of urea groups is 2. The van der Waals surface area contributed by atoms with Crippen molar-refractivity contribution >= 4 is 52.3 Å². The first kappa shape index (κ1) is 27.9. The second kappa shape index (κ2) is 12.6. The van der Waals surface area contributed by atoms with Crippen molar-refractivity contribution in [3.8, 4) is 5.75 Å². The number of halogens is 5. The fraction of sp³-hybridized carbons (Fsp3) is 0.200. The van der Waals surface area contributed by atoms with Gasteiger partial charge in [0.1, 0.15) is 5.75 Å². The Balaban J connectivity index is 1.66. The Bertz CT molecular complexity index is 1240. The lowest BCUT2D eigenvalue weighted by Crippen LogP contribution is -2.38. The summed E-state index contributed by atoms with van der Waals surface area (Å²) in [5, 5.41) is 8.41. The van der Waals surface area contributed by atoms with Gasteiger partial charge in [0.05, 0.1) is 22.7 Å². The van der Waals surface area contributed by atoms with E-state index >= 15 is 0 Å². The quantitative estimate of drug-likeness (QED) is 0.256. The predicted molar refractivity (Wildman–Crippen MR) is 139 cm³/mol. The first-order valence-corrected chi connectivity index (χ1v) is 11.7. The topological polar surface area (TPSA) is 82.7 Å². The van der Waals surface area contributed by atoms with E-state index < -0.39 is 23.8 Å². The van der Waals surface area contributed by atoms with Crippen LogP contribution in [0, 0.1) is 0 Å². The number of benzene rings is 3. The molecule has 0 aromatic heterocycles. The largest absolute Gasteiger partial charge is 0.497 e. The Labute approximate surface area is 221 Å². The summed E-state index contributed by atoms with van der Waals surface area (Å²) >= 11 is 11.9. The number of alkyl halides is 3. The van der Waals surface area contributed by atoms with Crippen LogP contribution in [0.1, 0.15) is 12.0 Å². The van der Waals surface area contributed by atoms with E-state index in [0.717, 1.165) is 17.0 Å². The van der Waals surface area contributed by atoms with Crippen molar-refractivity contribution in [2.75, 3.05) is 35.7 Å². The van der Waals surface area contributed by atoms with E-state index in [0.29, 0.717) is 17.1 Å². The lowest BCUT2D eigenvalue weighted by Gasteiger charge is -2.24. The molecule has 196 valence electrons. The maximum Gasteiger partial charge on any atom is 0.416 e. The van der Waals surface area contributed by atoms with Gasteiger partial charge in [-0.3, -0.25) is 4.90 Å². The van der Waals surface area contributed by atoms with E-state index in [1.165, 1.54) is 37.4 Å². The van der Waals surface area contributed by atoms with Crippen LogP contribution >= 0.6 is 23.2 Å².